The van der Waals surface area contributed by atoms with E-state index in [1.54, 1.807) is 6.07 Å². The van der Waals surface area contributed by atoms with Crippen LogP contribution in [0.1, 0.15) is 31.4 Å². The number of sulfone groups is 1. The highest BCUT2D eigenvalue weighted by molar-refractivity contribution is 7.90. The number of halogens is 3. The molecule has 0 radical (unpaired) electrons. The largest absolute Gasteiger partial charge is 0.433 e. The van der Waals surface area contributed by atoms with Gasteiger partial charge in [0.1, 0.15) is 11.5 Å². The van der Waals surface area contributed by atoms with Crippen LogP contribution in [0.25, 0.3) is 11.0 Å². The van der Waals surface area contributed by atoms with Crippen LogP contribution in [0.5, 0.6) is 0 Å². The lowest BCUT2D eigenvalue weighted by Gasteiger charge is -2.20. The van der Waals surface area contributed by atoms with E-state index in [0.29, 0.717) is 16.9 Å². The molecule has 0 aliphatic carbocycles. The lowest BCUT2D eigenvalue weighted by Crippen LogP contribution is -2.20. The Labute approximate surface area is 159 Å². The first kappa shape index (κ1) is 20.1. The number of fused-ring (bicyclic) bond motifs is 1. The van der Waals surface area contributed by atoms with E-state index in [1.165, 1.54) is 12.1 Å². The number of hydrogen-bond donors (Lipinski definition) is 2. The number of benzene rings is 1. The lowest BCUT2D eigenvalue weighted by atomic mass is 10.0. The van der Waals surface area contributed by atoms with Gasteiger partial charge in [-0.15, -0.1) is 0 Å². The fourth-order valence-electron chi connectivity index (χ4n) is 2.66. The maximum atomic E-state index is 12.9. The quantitative estimate of drug-likeness (QED) is 0.663. The molecular formula is C17H18F3N5O2S. The molecule has 0 fully saturated rings. The number of alkyl halides is 3. The molecule has 0 spiro atoms. The minimum atomic E-state index is -4.58. The van der Waals surface area contributed by atoms with E-state index in [0.717, 1.165) is 18.5 Å². The van der Waals surface area contributed by atoms with E-state index < -0.39 is 27.7 Å². The zero-order chi connectivity index (χ0) is 20.7. The van der Waals surface area contributed by atoms with Gasteiger partial charge in [0.05, 0.1) is 22.0 Å². The lowest BCUT2D eigenvalue weighted by molar-refractivity contribution is -0.141. The number of aromatic amines is 1. The Bertz CT molecular complexity index is 1110. The van der Waals surface area contributed by atoms with Crippen LogP contribution in [-0.2, 0) is 16.0 Å². The second-order valence-corrected chi connectivity index (χ2v) is 8.72. The predicted octanol–water partition coefficient (Wildman–Crippen LogP) is 3.58. The van der Waals surface area contributed by atoms with Crippen LogP contribution in [0.3, 0.4) is 0 Å². The van der Waals surface area contributed by atoms with Gasteiger partial charge in [-0.25, -0.2) is 23.4 Å². The second kappa shape index (κ2) is 7.04. The highest BCUT2D eigenvalue weighted by Crippen LogP contribution is 2.30. The Morgan fingerprint density at radius 1 is 1.14 bits per heavy atom. The van der Waals surface area contributed by atoms with Crippen molar-refractivity contribution in [2.45, 2.75) is 31.0 Å². The van der Waals surface area contributed by atoms with Crippen LogP contribution in [0, 0.1) is 5.92 Å². The Balaban J connectivity index is 1.97. The summed E-state index contributed by atoms with van der Waals surface area (Å²) in [5.74, 6) is 0.190. The summed E-state index contributed by atoms with van der Waals surface area (Å²) in [6, 6.07) is 4.78. The molecule has 11 heteroatoms. The fourth-order valence-corrected chi connectivity index (χ4v) is 3.31. The first-order chi connectivity index (χ1) is 12.9. The van der Waals surface area contributed by atoms with Gasteiger partial charge < -0.3 is 10.3 Å². The van der Waals surface area contributed by atoms with Gasteiger partial charge in [-0.2, -0.15) is 13.2 Å². The first-order valence-electron chi connectivity index (χ1n) is 8.31. The number of imidazole rings is 1. The van der Waals surface area contributed by atoms with Crippen molar-refractivity contribution in [2.75, 3.05) is 11.6 Å². The van der Waals surface area contributed by atoms with E-state index in [9.17, 15) is 21.6 Å². The average Bonchev–Trinajstić information content (AvgIpc) is 3.01. The van der Waals surface area contributed by atoms with E-state index in [2.05, 4.69) is 25.3 Å². The summed E-state index contributed by atoms with van der Waals surface area (Å²) in [4.78, 5) is 15.0. The normalized spacial score (nSPS) is 13.8. The van der Waals surface area contributed by atoms with Crippen LogP contribution >= 0.6 is 0 Å². The molecule has 1 unspecified atom stereocenters. The Kier molecular flexibility index (Phi) is 5.04. The van der Waals surface area contributed by atoms with Crippen molar-refractivity contribution in [3.63, 3.8) is 0 Å². The summed E-state index contributed by atoms with van der Waals surface area (Å²) in [6.07, 6.45) is -2.43. The van der Waals surface area contributed by atoms with Crippen molar-refractivity contribution < 1.29 is 21.6 Å². The van der Waals surface area contributed by atoms with Gasteiger partial charge in [0.15, 0.2) is 9.84 Å². The number of hydrogen-bond acceptors (Lipinski definition) is 6. The third-order valence-electron chi connectivity index (χ3n) is 4.09. The minimum Gasteiger partial charge on any atom is -0.344 e. The van der Waals surface area contributed by atoms with Gasteiger partial charge in [0, 0.05) is 12.5 Å². The predicted molar refractivity (Wildman–Crippen MR) is 97.4 cm³/mol. The molecule has 3 rings (SSSR count). The molecule has 0 saturated heterocycles. The molecule has 0 amide bonds. The van der Waals surface area contributed by atoms with Crippen LogP contribution in [0.4, 0.5) is 19.1 Å². The number of nitrogens with one attached hydrogen (secondary N) is 2. The molecule has 3 aromatic rings. The van der Waals surface area contributed by atoms with E-state index in [-0.39, 0.29) is 16.8 Å². The summed E-state index contributed by atoms with van der Waals surface area (Å²) in [5, 5.41) is 2.88. The first-order valence-corrected chi connectivity index (χ1v) is 10.2. The average molecular weight is 413 g/mol. The fraction of sp³-hybridized carbons (Fsp3) is 0.353. The molecule has 150 valence electrons. The number of aromatic nitrogens is 4. The summed E-state index contributed by atoms with van der Waals surface area (Å²) in [7, 11) is -3.38. The standard InChI is InChI=1S/C17H18F3N5O2S/c1-9(2)14(25-16-21-7-6-13(24-16)17(18,19)20)15-22-11-5-4-10(28(3,26)27)8-12(11)23-15/h4-9,14H,1-3H3,(H,22,23)(H,21,24,25). The molecule has 1 aromatic carbocycles. The number of rotatable bonds is 5. The van der Waals surface area contributed by atoms with E-state index in [1.807, 2.05) is 13.8 Å². The Hall–Kier alpha value is -2.69. The molecule has 0 aliphatic heterocycles. The van der Waals surface area contributed by atoms with Crippen molar-refractivity contribution in [2.24, 2.45) is 5.92 Å². The van der Waals surface area contributed by atoms with Gasteiger partial charge in [0.2, 0.25) is 5.95 Å². The zero-order valence-corrected chi connectivity index (χ0v) is 16.1. The van der Waals surface area contributed by atoms with E-state index >= 15 is 0 Å². The smallest absolute Gasteiger partial charge is 0.344 e. The van der Waals surface area contributed by atoms with Crippen molar-refractivity contribution >= 4 is 26.8 Å². The highest BCUT2D eigenvalue weighted by Gasteiger charge is 2.33. The maximum absolute atomic E-state index is 12.9. The van der Waals surface area contributed by atoms with Crippen LogP contribution in [0.15, 0.2) is 35.4 Å². The van der Waals surface area contributed by atoms with Crippen molar-refractivity contribution in [1.82, 2.24) is 19.9 Å². The maximum Gasteiger partial charge on any atom is 0.433 e. The molecular weight excluding hydrogens is 395 g/mol. The summed E-state index contributed by atoms with van der Waals surface area (Å²) < 4.78 is 62.1. The van der Waals surface area contributed by atoms with Crippen LogP contribution in [0.2, 0.25) is 0 Å². The highest BCUT2D eigenvalue weighted by atomic mass is 32.2. The zero-order valence-electron chi connectivity index (χ0n) is 15.2. The number of nitrogens with zero attached hydrogens (tertiary/aromatic N) is 3. The minimum absolute atomic E-state index is 0.0758. The summed E-state index contributed by atoms with van der Waals surface area (Å²) in [5.41, 5.74) is 0.00468. The van der Waals surface area contributed by atoms with Gasteiger partial charge in [-0.05, 0) is 30.2 Å². The molecule has 28 heavy (non-hydrogen) atoms. The Morgan fingerprint density at radius 3 is 2.46 bits per heavy atom. The van der Waals surface area contributed by atoms with Crippen LogP contribution in [-0.4, -0.2) is 34.6 Å². The van der Waals surface area contributed by atoms with Gasteiger partial charge >= 0.3 is 6.18 Å². The molecule has 1 atom stereocenters. The molecule has 0 saturated carbocycles. The monoisotopic (exact) mass is 413 g/mol. The third kappa shape index (κ3) is 4.24. The van der Waals surface area contributed by atoms with Crippen molar-refractivity contribution in [3.05, 3.63) is 42.0 Å². The number of anilines is 1. The molecule has 2 N–H and O–H groups in total. The third-order valence-corrected chi connectivity index (χ3v) is 5.20. The summed E-state index contributed by atoms with van der Waals surface area (Å²) >= 11 is 0. The van der Waals surface area contributed by atoms with Crippen molar-refractivity contribution in [1.29, 1.82) is 0 Å². The summed E-state index contributed by atoms with van der Waals surface area (Å²) in [6.45, 7) is 3.72. The van der Waals surface area contributed by atoms with E-state index in [4.69, 9.17) is 0 Å². The Morgan fingerprint density at radius 2 is 1.86 bits per heavy atom. The van der Waals surface area contributed by atoms with Crippen LogP contribution < -0.4 is 5.32 Å². The molecule has 2 heterocycles. The molecule has 0 bridgehead atoms. The van der Waals surface area contributed by atoms with Gasteiger partial charge in [-0.3, -0.25) is 0 Å². The SMILES string of the molecule is CC(C)C(Nc1nccc(C(F)(F)F)n1)c1nc2ccc(S(C)(=O)=O)cc2[nH]1. The van der Waals surface area contributed by atoms with Gasteiger partial charge in [-0.1, -0.05) is 13.8 Å². The molecule has 0 aliphatic rings. The second-order valence-electron chi connectivity index (χ2n) is 6.70. The molecule has 7 nitrogen and oxygen atoms in total. The molecule has 2 aromatic heterocycles. The number of H-pyrrole nitrogens is 1. The topological polar surface area (TPSA) is 101 Å². The van der Waals surface area contributed by atoms with Crippen molar-refractivity contribution in [3.8, 4) is 0 Å². The van der Waals surface area contributed by atoms with Gasteiger partial charge in [0.25, 0.3) is 0 Å².